The minimum absolute atomic E-state index is 0.0823. The third-order valence-electron chi connectivity index (χ3n) is 5.64. The van der Waals surface area contributed by atoms with E-state index in [0.717, 1.165) is 17.9 Å². The van der Waals surface area contributed by atoms with Gasteiger partial charge in [-0.25, -0.2) is 0 Å². The van der Waals surface area contributed by atoms with Crippen LogP contribution in [0.5, 0.6) is 0 Å². The molecular formula is C20H31N2O2P. The Morgan fingerprint density at radius 3 is 2.52 bits per heavy atom. The van der Waals surface area contributed by atoms with Crippen LogP contribution in [0.3, 0.4) is 0 Å². The first-order valence-corrected chi connectivity index (χ1v) is 11.4. The third kappa shape index (κ3) is 3.52. The number of nitrogens with two attached hydrogens (primary N) is 1. The van der Waals surface area contributed by atoms with Crippen molar-refractivity contribution in [3.63, 3.8) is 0 Å². The van der Waals surface area contributed by atoms with E-state index in [2.05, 4.69) is 24.8 Å². The highest BCUT2D eigenvalue weighted by atomic mass is 31.1. The molecule has 0 bridgehead atoms. The molecule has 0 aromatic carbocycles. The molecule has 0 aliphatic heterocycles. The van der Waals surface area contributed by atoms with Crippen LogP contribution in [0.15, 0.2) is 35.6 Å². The number of hydrogen-bond donors (Lipinski definition) is 2. The smallest absolute Gasteiger partial charge is 0.116 e. The van der Waals surface area contributed by atoms with Crippen molar-refractivity contribution < 1.29 is 9.84 Å². The van der Waals surface area contributed by atoms with Gasteiger partial charge < -0.3 is 20.1 Å². The number of nitrogens with zero attached hydrogens (tertiary/aromatic N) is 1. The number of aryl methyl sites for hydroxylation is 1. The minimum atomic E-state index is -0.520. The topological polar surface area (TPSA) is 60.4 Å². The van der Waals surface area contributed by atoms with Gasteiger partial charge in [0.25, 0.3) is 0 Å². The second kappa shape index (κ2) is 6.48. The molecule has 138 valence electrons. The quantitative estimate of drug-likeness (QED) is 0.726. The third-order valence-corrected chi connectivity index (χ3v) is 6.94. The molecule has 2 unspecified atom stereocenters. The first kappa shape index (κ1) is 18.5. The summed E-state index contributed by atoms with van der Waals surface area (Å²) in [6.45, 7) is 11.6. The van der Waals surface area contributed by atoms with Crippen molar-refractivity contribution in [1.82, 2.24) is 4.57 Å². The van der Waals surface area contributed by atoms with Gasteiger partial charge in [-0.3, -0.25) is 0 Å². The number of aromatic nitrogens is 1. The number of hydrogen-bond acceptors (Lipinski definition) is 3. The minimum Gasteiger partial charge on any atom is -0.508 e. The molecule has 1 heterocycles. The normalized spacial score (nSPS) is 28.0. The van der Waals surface area contributed by atoms with Crippen LogP contribution in [0.1, 0.15) is 38.4 Å². The van der Waals surface area contributed by atoms with E-state index >= 15 is 0 Å². The van der Waals surface area contributed by atoms with Crippen molar-refractivity contribution in [3.8, 4) is 0 Å². The monoisotopic (exact) mass is 362 g/mol. The zero-order valence-electron chi connectivity index (χ0n) is 16.0. The van der Waals surface area contributed by atoms with Gasteiger partial charge >= 0.3 is 0 Å². The molecule has 1 aromatic heterocycles. The van der Waals surface area contributed by atoms with Gasteiger partial charge in [-0.2, -0.15) is 0 Å². The van der Waals surface area contributed by atoms with E-state index in [1.807, 2.05) is 32.1 Å². The largest absolute Gasteiger partial charge is 0.508 e. The maximum absolute atomic E-state index is 10.3. The Labute approximate surface area is 152 Å². The first-order chi connectivity index (χ1) is 11.7. The van der Waals surface area contributed by atoms with E-state index in [1.165, 1.54) is 19.0 Å². The van der Waals surface area contributed by atoms with E-state index in [9.17, 15) is 5.11 Å². The summed E-state index contributed by atoms with van der Waals surface area (Å²) in [5, 5.41) is 10.3. The molecule has 2 atom stereocenters. The Morgan fingerprint density at radius 2 is 2.00 bits per heavy atom. The van der Waals surface area contributed by atoms with Gasteiger partial charge in [-0.1, -0.05) is 0 Å². The van der Waals surface area contributed by atoms with Crippen LogP contribution >= 0.6 is 7.92 Å². The van der Waals surface area contributed by atoms with Crippen molar-refractivity contribution in [3.05, 3.63) is 41.3 Å². The summed E-state index contributed by atoms with van der Waals surface area (Å²) >= 11 is 0. The van der Waals surface area contributed by atoms with Crippen LogP contribution in [-0.4, -0.2) is 41.4 Å². The molecule has 1 aromatic rings. The molecule has 5 heteroatoms. The van der Waals surface area contributed by atoms with Crippen molar-refractivity contribution in [2.45, 2.75) is 45.3 Å². The first-order valence-electron chi connectivity index (χ1n) is 8.98. The summed E-state index contributed by atoms with van der Waals surface area (Å²) < 4.78 is 8.65. The highest BCUT2D eigenvalue weighted by Gasteiger charge is 2.47. The molecule has 4 nitrogen and oxygen atoms in total. The lowest BCUT2D eigenvalue weighted by Crippen LogP contribution is -2.42. The Kier molecular flexibility index (Phi) is 4.81. The fourth-order valence-electron chi connectivity index (χ4n) is 4.04. The number of allylic oxidation sites excluding steroid dienone is 1. The van der Waals surface area contributed by atoms with Gasteiger partial charge in [0.05, 0.1) is 12.6 Å². The lowest BCUT2D eigenvalue weighted by Gasteiger charge is -2.41. The molecule has 2 aliphatic carbocycles. The maximum Gasteiger partial charge on any atom is 0.116 e. The molecule has 0 spiro atoms. The van der Waals surface area contributed by atoms with Crippen LogP contribution in [0.2, 0.25) is 0 Å². The van der Waals surface area contributed by atoms with Gasteiger partial charge in [-0.05, 0) is 88.4 Å². The predicted molar refractivity (Wildman–Crippen MR) is 107 cm³/mol. The molecular weight excluding hydrogens is 331 g/mol. The van der Waals surface area contributed by atoms with Crippen LogP contribution in [0.4, 0.5) is 5.82 Å². The molecule has 3 rings (SSSR count). The van der Waals surface area contributed by atoms with Crippen LogP contribution in [0.25, 0.3) is 0 Å². The number of rotatable bonds is 6. The molecule has 25 heavy (non-hydrogen) atoms. The van der Waals surface area contributed by atoms with Gasteiger partial charge in [0, 0.05) is 5.69 Å². The summed E-state index contributed by atoms with van der Waals surface area (Å²) in [5.41, 5.74) is 8.06. The fourth-order valence-corrected chi connectivity index (χ4v) is 5.79. The molecule has 1 fully saturated rings. The highest BCUT2D eigenvalue weighted by Crippen LogP contribution is 2.54. The molecule has 1 saturated carbocycles. The number of aliphatic hydroxyl groups is 1. The summed E-state index contributed by atoms with van der Waals surface area (Å²) in [7, 11) is 0.0823. The van der Waals surface area contributed by atoms with Gasteiger partial charge in [0.15, 0.2) is 0 Å². The number of nitrogen functional groups attached to an aromatic ring is 1. The lowest BCUT2D eigenvalue weighted by atomic mass is 9.84. The summed E-state index contributed by atoms with van der Waals surface area (Å²) in [6.07, 6.45) is 7.58. The second-order valence-corrected chi connectivity index (χ2v) is 10.8. The van der Waals surface area contributed by atoms with E-state index in [4.69, 9.17) is 10.5 Å². The predicted octanol–water partition coefficient (Wildman–Crippen LogP) is 4.62. The van der Waals surface area contributed by atoms with Crippen molar-refractivity contribution in [2.75, 3.05) is 31.8 Å². The summed E-state index contributed by atoms with van der Waals surface area (Å²) in [4.78, 5) is 0. The van der Waals surface area contributed by atoms with Crippen LogP contribution in [0, 0.1) is 12.3 Å². The Hall–Kier alpha value is -1.25. The summed E-state index contributed by atoms with van der Waals surface area (Å²) in [5.74, 6) is 1.01. The van der Waals surface area contributed by atoms with Crippen LogP contribution in [-0.2, 0) is 4.74 Å². The Bertz CT molecular complexity index is 696. The zero-order chi connectivity index (χ0) is 18.4. The van der Waals surface area contributed by atoms with Crippen molar-refractivity contribution in [2.24, 2.45) is 5.41 Å². The molecule has 0 amide bonds. The number of ether oxygens (including phenoxy) is 1. The van der Waals surface area contributed by atoms with Crippen LogP contribution < -0.4 is 5.73 Å². The van der Waals surface area contributed by atoms with Crippen molar-refractivity contribution >= 4 is 13.7 Å². The van der Waals surface area contributed by atoms with Crippen molar-refractivity contribution in [1.29, 1.82) is 0 Å². The number of anilines is 1. The van der Waals surface area contributed by atoms with E-state index in [0.29, 0.717) is 17.0 Å². The van der Waals surface area contributed by atoms with E-state index in [1.54, 1.807) is 6.08 Å². The standard InChI is InChI=1S/C20H31N2O2P/c1-14-6-7-17(21)22(14)18-15(2)16(23)8-9-19(18,3)24-12-20(10-11-20)13-25(4)5/h6-9,18,23H,10-13,21H2,1-5H3. The Balaban J connectivity index is 1.89. The average molecular weight is 362 g/mol. The Morgan fingerprint density at radius 1 is 1.32 bits per heavy atom. The van der Waals surface area contributed by atoms with Gasteiger partial charge in [-0.15, -0.1) is 7.92 Å². The fraction of sp³-hybridized carbons (Fsp3) is 0.600. The van der Waals surface area contributed by atoms with E-state index in [-0.39, 0.29) is 14.0 Å². The van der Waals surface area contributed by atoms with Gasteiger partial charge in [0.1, 0.15) is 17.2 Å². The molecule has 2 aliphatic rings. The number of aliphatic hydroxyl groups excluding tert-OH is 1. The van der Waals surface area contributed by atoms with Gasteiger partial charge in [0.2, 0.25) is 0 Å². The second-order valence-electron chi connectivity index (χ2n) is 8.28. The SMILES string of the molecule is CC1=C(O)C=CC(C)(OCC2(CP(C)C)CC2)C1n1c(C)ccc1N. The maximum atomic E-state index is 10.3. The molecule has 0 radical (unpaired) electrons. The average Bonchev–Trinajstić information content (AvgIpc) is 3.22. The highest BCUT2D eigenvalue weighted by molar-refractivity contribution is 7.56. The zero-order valence-corrected chi connectivity index (χ0v) is 16.9. The summed E-state index contributed by atoms with van der Waals surface area (Å²) in [6, 6.07) is 3.80. The lowest BCUT2D eigenvalue weighted by molar-refractivity contribution is -0.0436. The van der Waals surface area contributed by atoms with E-state index < -0.39 is 5.60 Å². The molecule has 3 N–H and O–H groups in total. The molecule has 0 saturated heterocycles.